The Labute approximate surface area is 144 Å². The van der Waals surface area contributed by atoms with E-state index in [9.17, 15) is 12.8 Å². The number of hydrogen-bond donors (Lipinski definition) is 0. The minimum absolute atomic E-state index is 0.0600. The van der Waals surface area contributed by atoms with Crippen LogP contribution >= 0.6 is 11.6 Å². The van der Waals surface area contributed by atoms with Gasteiger partial charge in [0.2, 0.25) is 10.0 Å². The molecule has 0 aliphatic carbocycles. The molecule has 0 N–H and O–H groups in total. The molecule has 0 unspecified atom stereocenters. The van der Waals surface area contributed by atoms with Crippen molar-refractivity contribution in [2.75, 3.05) is 7.05 Å². The lowest BCUT2D eigenvalue weighted by atomic mass is 10.2. The van der Waals surface area contributed by atoms with Crippen LogP contribution in [0.5, 0.6) is 0 Å². The molecule has 0 atom stereocenters. The maximum Gasteiger partial charge on any atom is 0.243 e. The van der Waals surface area contributed by atoms with Crippen LogP contribution in [0.2, 0.25) is 5.02 Å². The lowest BCUT2D eigenvalue weighted by Crippen LogP contribution is -2.26. The van der Waals surface area contributed by atoms with E-state index in [2.05, 4.69) is 4.98 Å². The maximum atomic E-state index is 13.3. The second-order valence-corrected chi connectivity index (χ2v) is 7.76. The van der Waals surface area contributed by atoms with Gasteiger partial charge in [-0.15, -0.1) is 0 Å². The number of hydrogen-bond acceptors (Lipinski definition) is 3. The molecule has 3 rings (SSSR count). The number of aromatic nitrogens is 1. The molecule has 2 aromatic carbocycles. The highest BCUT2D eigenvalue weighted by molar-refractivity contribution is 7.89. The first-order valence-electron chi connectivity index (χ1n) is 7.13. The van der Waals surface area contributed by atoms with E-state index in [0.29, 0.717) is 21.5 Å². The van der Waals surface area contributed by atoms with Gasteiger partial charge in [-0.05, 0) is 42.0 Å². The van der Waals surface area contributed by atoms with Crippen molar-refractivity contribution < 1.29 is 12.8 Å². The summed E-state index contributed by atoms with van der Waals surface area (Å²) in [6, 6.07) is 12.2. The fourth-order valence-electron chi connectivity index (χ4n) is 2.48. The second kappa shape index (κ2) is 6.47. The van der Waals surface area contributed by atoms with Crippen LogP contribution in [0.15, 0.2) is 59.6 Å². The summed E-state index contributed by atoms with van der Waals surface area (Å²) in [5.41, 5.74) is 0.997. The summed E-state index contributed by atoms with van der Waals surface area (Å²) in [7, 11) is -2.33. The van der Waals surface area contributed by atoms with Gasteiger partial charge in [-0.3, -0.25) is 4.98 Å². The molecule has 4 nitrogen and oxygen atoms in total. The van der Waals surface area contributed by atoms with Crippen molar-refractivity contribution in [1.82, 2.24) is 9.29 Å². The molecule has 1 aromatic heterocycles. The molecule has 0 bridgehead atoms. The van der Waals surface area contributed by atoms with Gasteiger partial charge in [0.25, 0.3) is 0 Å². The highest BCUT2D eigenvalue weighted by atomic mass is 35.5. The number of fused-ring (bicyclic) bond motifs is 1. The Balaban J connectivity index is 2.03. The summed E-state index contributed by atoms with van der Waals surface area (Å²) in [6.45, 7) is 0.0600. The van der Waals surface area contributed by atoms with Crippen LogP contribution in [0.4, 0.5) is 4.39 Å². The van der Waals surface area contributed by atoms with E-state index in [0.717, 1.165) is 0 Å². The van der Waals surface area contributed by atoms with E-state index in [4.69, 9.17) is 11.6 Å². The average molecular weight is 365 g/mol. The molecule has 0 fully saturated rings. The summed E-state index contributed by atoms with van der Waals surface area (Å²) in [6.07, 6.45) is 1.56. The Kier molecular flexibility index (Phi) is 4.54. The van der Waals surface area contributed by atoms with Crippen molar-refractivity contribution in [2.45, 2.75) is 11.4 Å². The summed E-state index contributed by atoms with van der Waals surface area (Å²) >= 11 is 6.09. The fraction of sp³-hybridized carbons (Fsp3) is 0.118. The van der Waals surface area contributed by atoms with E-state index in [1.54, 1.807) is 30.5 Å². The predicted molar refractivity (Wildman–Crippen MR) is 91.8 cm³/mol. The molecule has 0 radical (unpaired) electrons. The fourth-order valence-corrected chi connectivity index (χ4v) is 4.03. The molecule has 124 valence electrons. The van der Waals surface area contributed by atoms with Gasteiger partial charge in [0, 0.05) is 25.2 Å². The topological polar surface area (TPSA) is 50.3 Å². The zero-order valence-electron chi connectivity index (χ0n) is 12.8. The van der Waals surface area contributed by atoms with Crippen molar-refractivity contribution in [2.24, 2.45) is 0 Å². The van der Waals surface area contributed by atoms with Crippen LogP contribution in [0, 0.1) is 5.82 Å². The molecular formula is C17H14ClFN2O2S. The lowest BCUT2D eigenvalue weighted by Gasteiger charge is -2.18. The largest absolute Gasteiger partial charge is 0.255 e. The number of nitrogens with zero attached hydrogens (tertiary/aromatic N) is 2. The Morgan fingerprint density at radius 2 is 1.96 bits per heavy atom. The highest BCUT2D eigenvalue weighted by Gasteiger charge is 2.24. The third-order valence-corrected chi connectivity index (χ3v) is 5.83. The average Bonchev–Trinajstić information content (AvgIpc) is 2.55. The lowest BCUT2D eigenvalue weighted by molar-refractivity contribution is 0.466. The van der Waals surface area contributed by atoms with Crippen molar-refractivity contribution in [3.05, 3.63) is 71.1 Å². The minimum Gasteiger partial charge on any atom is -0.255 e. The van der Waals surface area contributed by atoms with Crippen LogP contribution < -0.4 is 0 Å². The van der Waals surface area contributed by atoms with E-state index in [1.807, 2.05) is 0 Å². The zero-order valence-corrected chi connectivity index (χ0v) is 14.4. The van der Waals surface area contributed by atoms with Crippen molar-refractivity contribution in [3.63, 3.8) is 0 Å². The van der Waals surface area contributed by atoms with Crippen LogP contribution in [0.1, 0.15) is 5.56 Å². The summed E-state index contributed by atoms with van der Waals surface area (Å²) in [4.78, 5) is 4.26. The minimum atomic E-state index is -3.78. The molecular weight excluding hydrogens is 351 g/mol. The Hall–Kier alpha value is -2.02. The first kappa shape index (κ1) is 16.8. The Morgan fingerprint density at radius 1 is 1.17 bits per heavy atom. The smallest absolute Gasteiger partial charge is 0.243 e. The molecule has 0 saturated carbocycles. The number of benzene rings is 2. The van der Waals surface area contributed by atoms with Gasteiger partial charge < -0.3 is 0 Å². The number of pyridine rings is 1. The molecule has 0 amide bonds. The van der Waals surface area contributed by atoms with E-state index in [-0.39, 0.29) is 11.4 Å². The van der Waals surface area contributed by atoms with Crippen LogP contribution in [0.25, 0.3) is 10.9 Å². The number of halogens is 2. The summed E-state index contributed by atoms with van der Waals surface area (Å²) in [5.74, 6) is -0.403. The Morgan fingerprint density at radius 3 is 2.71 bits per heavy atom. The molecule has 24 heavy (non-hydrogen) atoms. The first-order valence-corrected chi connectivity index (χ1v) is 8.95. The van der Waals surface area contributed by atoms with E-state index in [1.165, 1.54) is 35.6 Å². The molecule has 0 spiro atoms. The predicted octanol–water partition coefficient (Wildman–Crippen LogP) is 3.85. The van der Waals surface area contributed by atoms with Gasteiger partial charge in [-0.2, -0.15) is 4.31 Å². The van der Waals surface area contributed by atoms with Gasteiger partial charge >= 0.3 is 0 Å². The van der Waals surface area contributed by atoms with Gasteiger partial charge in [-0.1, -0.05) is 23.7 Å². The van der Waals surface area contributed by atoms with Crippen molar-refractivity contribution >= 4 is 32.5 Å². The third-order valence-electron chi connectivity index (χ3n) is 3.66. The number of sulfonamides is 1. The molecule has 7 heteroatoms. The normalized spacial score (nSPS) is 12.0. The van der Waals surface area contributed by atoms with Crippen LogP contribution in [-0.4, -0.2) is 24.8 Å². The maximum absolute atomic E-state index is 13.3. The molecule has 1 heterocycles. The molecule has 0 aliphatic rings. The SMILES string of the molecule is CN(Cc1cccc(F)c1)S(=O)(=O)c1ccc(Cl)c2ncccc12. The summed E-state index contributed by atoms with van der Waals surface area (Å²) < 4.78 is 40.3. The van der Waals surface area contributed by atoms with Gasteiger partial charge in [-0.25, -0.2) is 12.8 Å². The molecule has 0 aliphatic heterocycles. The monoisotopic (exact) mass is 364 g/mol. The third kappa shape index (κ3) is 3.13. The van der Waals surface area contributed by atoms with Gasteiger partial charge in [0.05, 0.1) is 15.4 Å². The van der Waals surface area contributed by atoms with Gasteiger partial charge in [0.15, 0.2) is 0 Å². The zero-order chi connectivity index (χ0) is 17.3. The Bertz CT molecular complexity index is 1010. The quantitative estimate of drug-likeness (QED) is 0.706. The molecule has 0 saturated heterocycles. The van der Waals surface area contributed by atoms with Crippen molar-refractivity contribution in [3.8, 4) is 0 Å². The van der Waals surface area contributed by atoms with E-state index >= 15 is 0 Å². The van der Waals surface area contributed by atoms with E-state index < -0.39 is 15.8 Å². The number of rotatable bonds is 4. The van der Waals surface area contributed by atoms with Crippen LogP contribution in [0.3, 0.4) is 0 Å². The standard InChI is InChI=1S/C17H14ClFN2O2S/c1-21(11-12-4-2-5-13(19)10-12)24(22,23)16-8-7-15(18)17-14(16)6-3-9-20-17/h2-10H,11H2,1H3. The summed E-state index contributed by atoms with van der Waals surface area (Å²) in [5, 5.41) is 0.841. The highest BCUT2D eigenvalue weighted by Crippen LogP contribution is 2.29. The molecule has 3 aromatic rings. The van der Waals surface area contributed by atoms with Gasteiger partial charge in [0.1, 0.15) is 5.82 Å². The second-order valence-electron chi connectivity index (χ2n) is 5.34. The first-order chi connectivity index (χ1) is 11.4. The van der Waals surface area contributed by atoms with Crippen LogP contribution in [-0.2, 0) is 16.6 Å². The van der Waals surface area contributed by atoms with Crippen molar-refractivity contribution in [1.29, 1.82) is 0 Å².